The van der Waals surface area contributed by atoms with Crippen LogP contribution in [0.5, 0.6) is 0 Å². The van der Waals surface area contributed by atoms with E-state index >= 15 is 0 Å². The number of halogens is 3. The topological polar surface area (TPSA) is 41.6 Å². The average Bonchev–Trinajstić information content (AvgIpc) is 3.09. The monoisotopic (exact) mass is 390 g/mol. The second-order valence-corrected chi connectivity index (χ2v) is 7.33. The highest BCUT2D eigenvalue weighted by atomic mass is 19.4. The maximum Gasteiger partial charge on any atom is 0.416 e. The summed E-state index contributed by atoms with van der Waals surface area (Å²) in [6.45, 7) is 1.99. The van der Waals surface area contributed by atoms with Gasteiger partial charge in [0.15, 0.2) is 0 Å². The molecule has 2 heterocycles. The van der Waals surface area contributed by atoms with Crippen LogP contribution in [0.15, 0.2) is 54.6 Å². The van der Waals surface area contributed by atoms with E-state index in [0.717, 1.165) is 30.7 Å². The van der Waals surface area contributed by atoms with Gasteiger partial charge in [-0.2, -0.15) is 13.2 Å². The molecule has 0 aromatic heterocycles. The molecule has 2 aromatic carbocycles. The number of rotatable bonds is 3. The van der Waals surface area contributed by atoms with Gasteiger partial charge >= 0.3 is 6.18 Å². The molecule has 2 aliphatic heterocycles. The molecule has 2 saturated heterocycles. The van der Waals surface area contributed by atoms with Crippen molar-refractivity contribution < 1.29 is 22.7 Å². The van der Waals surface area contributed by atoms with Gasteiger partial charge in [-0.1, -0.05) is 36.4 Å². The first-order chi connectivity index (χ1) is 13.4. The average molecular weight is 390 g/mol. The summed E-state index contributed by atoms with van der Waals surface area (Å²) in [4.78, 5) is 14.7. The zero-order valence-corrected chi connectivity index (χ0v) is 15.2. The normalized spacial score (nSPS) is 25.3. The summed E-state index contributed by atoms with van der Waals surface area (Å²) in [6.07, 6.45) is -3.74. The van der Waals surface area contributed by atoms with Crippen LogP contribution in [0.25, 0.3) is 0 Å². The summed E-state index contributed by atoms with van der Waals surface area (Å²) in [7, 11) is 0. The van der Waals surface area contributed by atoms with Crippen molar-refractivity contribution in [1.29, 1.82) is 0 Å². The molecule has 148 valence electrons. The van der Waals surface area contributed by atoms with Gasteiger partial charge in [-0.05, 0) is 30.2 Å². The van der Waals surface area contributed by atoms with Gasteiger partial charge in [-0.3, -0.25) is 9.69 Å². The molecule has 7 heteroatoms. The lowest BCUT2D eigenvalue weighted by atomic mass is 10.1. The number of ether oxygens (including phenoxy) is 1. The highest BCUT2D eigenvalue weighted by molar-refractivity contribution is 5.94. The van der Waals surface area contributed by atoms with E-state index in [4.69, 9.17) is 4.74 Å². The number of benzene rings is 2. The summed E-state index contributed by atoms with van der Waals surface area (Å²) in [5, 5.41) is 2.88. The molecule has 28 heavy (non-hydrogen) atoms. The van der Waals surface area contributed by atoms with Gasteiger partial charge < -0.3 is 10.1 Å². The maximum atomic E-state index is 12.9. The molecule has 0 spiro atoms. The fourth-order valence-electron chi connectivity index (χ4n) is 3.95. The maximum absolute atomic E-state index is 12.9. The van der Waals surface area contributed by atoms with Gasteiger partial charge in [-0.25, -0.2) is 0 Å². The van der Waals surface area contributed by atoms with E-state index in [1.54, 1.807) is 0 Å². The zero-order chi connectivity index (χ0) is 19.7. The SMILES string of the molecule is O=C(N[C@H]1C[C@H]2CO[C@@H](c3ccccc3)CN2C1)c1cccc(C(F)(F)F)c1. The van der Waals surface area contributed by atoms with Crippen molar-refractivity contribution in [1.82, 2.24) is 10.2 Å². The van der Waals surface area contributed by atoms with Crippen LogP contribution in [-0.2, 0) is 10.9 Å². The van der Waals surface area contributed by atoms with Crippen LogP contribution in [0, 0.1) is 0 Å². The minimum atomic E-state index is -4.46. The van der Waals surface area contributed by atoms with E-state index < -0.39 is 17.6 Å². The van der Waals surface area contributed by atoms with Crippen LogP contribution >= 0.6 is 0 Å². The molecule has 0 aliphatic carbocycles. The summed E-state index contributed by atoms with van der Waals surface area (Å²) in [5.74, 6) is -0.475. The number of carbonyl (C=O) groups is 1. The molecular weight excluding hydrogens is 369 g/mol. The number of nitrogens with zero attached hydrogens (tertiary/aromatic N) is 1. The van der Waals surface area contributed by atoms with Crippen molar-refractivity contribution in [3.63, 3.8) is 0 Å². The van der Waals surface area contributed by atoms with E-state index in [-0.39, 0.29) is 23.8 Å². The number of amides is 1. The molecule has 1 N–H and O–H groups in total. The number of morpholine rings is 1. The molecule has 2 aromatic rings. The Morgan fingerprint density at radius 1 is 1.07 bits per heavy atom. The third kappa shape index (κ3) is 4.05. The van der Waals surface area contributed by atoms with Crippen LogP contribution in [0.4, 0.5) is 13.2 Å². The lowest BCUT2D eigenvalue weighted by Gasteiger charge is -2.35. The Balaban J connectivity index is 1.38. The van der Waals surface area contributed by atoms with Gasteiger partial charge in [0.1, 0.15) is 0 Å². The van der Waals surface area contributed by atoms with Gasteiger partial charge in [0, 0.05) is 30.7 Å². The van der Waals surface area contributed by atoms with Crippen molar-refractivity contribution in [3.8, 4) is 0 Å². The Hall–Kier alpha value is -2.38. The lowest BCUT2D eigenvalue weighted by molar-refractivity contribution is -0.137. The van der Waals surface area contributed by atoms with Crippen molar-refractivity contribution in [2.24, 2.45) is 0 Å². The quantitative estimate of drug-likeness (QED) is 0.870. The van der Waals surface area contributed by atoms with Crippen LogP contribution in [0.3, 0.4) is 0 Å². The van der Waals surface area contributed by atoms with Gasteiger partial charge in [0.25, 0.3) is 5.91 Å². The highest BCUT2D eigenvalue weighted by Gasteiger charge is 2.38. The summed E-state index contributed by atoms with van der Waals surface area (Å²) >= 11 is 0. The van der Waals surface area contributed by atoms with Crippen molar-refractivity contribution in [2.75, 3.05) is 19.7 Å². The largest absolute Gasteiger partial charge is 0.416 e. The van der Waals surface area contributed by atoms with Crippen molar-refractivity contribution >= 4 is 5.91 Å². The Morgan fingerprint density at radius 3 is 2.61 bits per heavy atom. The first-order valence-corrected chi connectivity index (χ1v) is 9.29. The third-order valence-electron chi connectivity index (χ3n) is 5.38. The Morgan fingerprint density at radius 2 is 1.86 bits per heavy atom. The number of hydrogen-bond acceptors (Lipinski definition) is 3. The third-order valence-corrected chi connectivity index (χ3v) is 5.38. The molecule has 0 radical (unpaired) electrons. The van der Waals surface area contributed by atoms with Crippen LogP contribution in [0.1, 0.15) is 34.0 Å². The first kappa shape index (κ1) is 19.0. The molecule has 4 nitrogen and oxygen atoms in total. The lowest BCUT2D eigenvalue weighted by Crippen LogP contribution is -2.43. The van der Waals surface area contributed by atoms with Crippen LogP contribution < -0.4 is 5.32 Å². The van der Waals surface area contributed by atoms with E-state index in [1.165, 1.54) is 12.1 Å². The van der Waals surface area contributed by atoms with Crippen LogP contribution in [-0.4, -0.2) is 42.6 Å². The predicted octanol–water partition coefficient (Wildman–Crippen LogP) is 3.65. The van der Waals surface area contributed by atoms with Crippen molar-refractivity contribution in [3.05, 3.63) is 71.3 Å². The second-order valence-electron chi connectivity index (χ2n) is 7.33. The number of hydrogen-bond donors (Lipinski definition) is 1. The number of nitrogens with one attached hydrogen (secondary N) is 1. The minimum absolute atomic E-state index is 0.00429. The van der Waals surface area contributed by atoms with Gasteiger partial charge in [0.2, 0.25) is 0 Å². The number of alkyl halides is 3. The Bertz CT molecular complexity index is 841. The van der Waals surface area contributed by atoms with Gasteiger partial charge in [-0.15, -0.1) is 0 Å². The molecule has 4 rings (SSSR count). The molecular formula is C21H21F3N2O2. The molecule has 0 saturated carbocycles. The molecule has 0 bridgehead atoms. The fourth-order valence-corrected chi connectivity index (χ4v) is 3.95. The van der Waals surface area contributed by atoms with Crippen LogP contribution in [0.2, 0.25) is 0 Å². The molecule has 1 amide bonds. The number of carbonyl (C=O) groups excluding carboxylic acids is 1. The smallest absolute Gasteiger partial charge is 0.371 e. The Kier molecular flexibility index (Phi) is 5.12. The zero-order valence-electron chi connectivity index (χ0n) is 15.2. The second kappa shape index (κ2) is 7.56. The standard InChI is InChI=1S/C21H21F3N2O2/c22-21(23,24)16-8-4-7-15(9-16)20(27)25-17-10-18-13-28-19(12-26(18)11-17)14-5-2-1-3-6-14/h1-9,17-19H,10-13H2,(H,25,27)/t17-,18-,19+/m0/s1. The summed E-state index contributed by atoms with van der Waals surface area (Å²) in [6, 6.07) is 14.6. The van der Waals surface area contributed by atoms with E-state index in [9.17, 15) is 18.0 Å². The van der Waals surface area contributed by atoms with E-state index in [0.29, 0.717) is 13.2 Å². The molecule has 2 fully saturated rings. The van der Waals surface area contributed by atoms with Crippen molar-refractivity contribution in [2.45, 2.75) is 30.8 Å². The van der Waals surface area contributed by atoms with E-state index in [2.05, 4.69) is 10.2 Å². The Labute approximate surface area is 161 Å². The van der Waals surface area contributed by atoms with E-state index in [1.807, 2.05) is 30.3 Å². The molecule has 0 unspecified atom stereocenters. The predicted molar refractivity (Wildman–Crippen MR) is 97.8 cm³/mol. The highest BCUT2D eigenvalue weighted by Crippen LogP contribution is 2.31. The minimum Gasteiger partial charge on any atom is -0.371 e. The number of fused-ring (bicyclic) bond motifs is 1. The first-order valence-electron chi connectivity index (χ1n) is 9.29. The summed E-state index contributed by atoms with van der Waals surface area (Å²) in [5.41, 5.74) is 0.332. The molecule has 2 aliphatic rings. The van der Waals surface area contributed by atoms with Gasteiger partial charge in [0.05, 0.1) is 18.3 Å². The summed E-state index contributed by atoms with van der Waals surface area (Å²) < 4.78 is 44.6. The fraction of sp³-hybridized carbons (Fsp3) is 0.381. The molecule has 3 atom stereocenters.